The number of ether oxygens (including phenoxy) is 2. The zero-order valence-corrected chi connectivity index (χ0v) is 16.2. The molecular formula is C15H16BrN5O5S. The third-order valence-electron chi connectivity index (χ3n) is 4.17. The molecular weight excluding hydrogens is 442 g/mol. The van der Waals surface area contributed by atoms with Gasteiger partial charge in [-0.15, -0.1) is 11.3 Å². The highest BCUT2D eigenvalue weighted by atomic mass is 79.9. The summed E-state index contributed by atoms with van der Waals surface area (Å²) in [6, 6.07) is 1.93. The SMILES string of the molecule is Nc1nc(OCc2cc(Br)cs2)c2ncn([C@@H]3O[C@H](CO)[C@@H](O)[C@@H]3O)c2n1. The Bertz CT molecular complexity index is 965. The summed E-state index contributed by atoms with van der Waals surface area (Å²) in [5.74, 6) is 0.172. The minimum Gasteiger partial charge on any atom is -0.470 e. The summed E-state index contributed by atoms with van der Waals surface area (Å²) in [6.45, 7) is -0.147. The molecule has 0 saturated carbocycles. The van der Waals surface area contributed by atoms with Crippen molar-refractivity contribution in [3.63, 3.8) is 0 Å². The fraction of sp³-hybridized carbons (Fsp3) is 0.400. The van der Waals surface area contributed by atoms with E-state index in [1.807, 2.05) is 11.4 Å². The highest BCUT2D eigenvalue weighted by Crippen LogP contribution is 2.33. The van der Waals surface area contributed by atoms with E-state index in [4.69, 9.17) is 15.2 Å². The molecule has 0 amide bonds. The number of hydrogen-bond acceptors (Lipinski definition) is 10. The second-order valence-electron chi connectivity index (χ2n) is 5.96. The number of nitrogens with two attached hydrogens (primary N) is 1. The molecule has 0 aromatic carbocycles. The highest BCUT2D eigenvalue weighted by Gasteiger charge is 2.44. The van der Waals surface area contributed by atoms with Gasteiger partial charge in [-0.3, -0.25) is 4.57 Å². The number of anilines is 1. The number of halogens is 1. The van der Waals surface area contributed by atoms with Crippen molar-refractivity contribution in [3.05, 3.63) is 27.1 Å². The molecule has 3 aromatic rings. The van der Waals surface area contributed by atoms with Crippen molar-refractivity contribution in [2.45, 2.75) is 31.1 Å². The molecule has 0 aliphatic carbocycles. The maximum Gasteiger partial charge on any atom is 0.247 e. The number of aliphatic hydroxyl groups is 3. The minimum absolute atomic E-state index is 0.0293. The molecule has 1 saturated heterocycles. The lowest BCUT2D eigenvalue weighted by Crippen LogP contribution is -2.33. The second-order valence-corrected chi connectivity index (χ2v) is 7.87. The van der Waals surface area contributed by atoms with Crippen LogP contribution in [0.15, 0.2) is 22.2 Å². The Hall–Kier alpha value is -1.83. The van der Waals surface area contributed by atoms with E-state index in [0.717, 1.165) is 9.35 Å². The molecule has 1 aliphatic heterocycles. The van der Waals surface area contributed by atoms with E-state index < -0.39 is 31.1 Å². The first-order valence-electron chi connectivity index (χ1n) is 7.96. The fourth-order valence-corrected chi connectivity index (χ4v) is 4.23. The largest absolute Gasteiger partial charge is 0.470 e. The van der Waals surface area contributed by atoms with E-state index in [9.17, 15) is 15.3 Å². The van der Waals surface area contributed by atoms with E-state index in [-0.39, 0.29) is 18.4 Å². The number of hydrogen-bond donors (Lipinski definition) is 4. The number of rotatable bonds is 5. The topological polar surface area (TPSA) is 149 Å². The zero-order chi connectivity index (χ0) is 19.1. The number of aromatic nitrogens is 4. The second kappa shape index (κ2) is 7.30. The number of nitrogen functional groups attached to an aromatic ring is 1. The fourth-order valence-electron chi connectivity index (χ4n) is 2.87. The van der Waals surface area contributed by atoms with Gasteiger partial charge in [0.25, 0.3) is 0 Å². The van der Waals surface area contributed by atoms with Crippen LogP contribution in [0.4, 0.5) is 5.95 Å². The molecule has 1 aliphatic rings. The summed E-state index contributed by atoms with van der Waals surface area (Å²) in [7, 11) is 0. The Morgan fingerprint density at radius 1 is 1.33 bits per heavy atom. The van der Waals surface area contributed by atoms with Gasteiger partial charge in [0.2, 0.25) is 11.8 Å². The molecule has 3 aromatic heterocycles. The Balaban J connectivity index is 1.66. The monoisotopic (exact) mass is 457 g/mol. The molecule has 0 radical (unpaired) electrons. The maximum atomic E-state index is 10.2. The van der Waals surface area contributed by atoms with E-state index in [1.165, 1.54) is 22.2 Å². The molecule has 0 unspecified atom stereocenters. The van der Waals surface area contributed by atoms with Gasteiger partial charge >= 0.3 is 0 Å². The van der Waals surface area contributed by atoms with Crippen LogP contribution in [0.2, 0.25) is 0 Å². The van der Waals surface area contributed by atoms with Crippen molar-refractivity contribution in [3.8, 4) is 5.88 Å². The Morgan fingerprint density at radius 3 is 2.81 bits per heavy atom. The van der Waals surface area contributed by atoms with E-state index in [0.29, 0.717) is 11.2 Å². The van der Waals surface area contributed by atoms with Gasteiger partial charge in [0, 0.05) is 14.7 Å². The first-order valence-corrected chi connectivity index (χ1v) is 9.63. The van der Waals surface area contributed by atoms with Crippen LogP contribution in [0.25, 0.3) is 11.2 Å². The Kier molecular flexibility index (Phi) is 5.01. The van der Waals surface area contributed by atoms with Crippen molar-refractivity contribution in [2.75, 3.05) is 12.3 Å². The third-order valence-corrected chi connectivity index (χ3v) is 5.84. The van der Waals surface area contributed by atoms with Gasteiger partial charge < -0.3 is 30.5 Å². The summed E-state index contributed by atoms with van der Waals surface area (Å²) < 4.78 is 13.7. The molecule has 10 nitrogen and oxygen atoms in total. The lowest BCUT2D eigenvalue weighted by molar-refractivity contribution is -0.0511. The van der Waals surface area contributed by atoms with Crippen LogP contribution in [-0.4, -0.2) is 59.8 Å². The average Bonchev–Trinajstić information content (AvgIpc) is 3.32. The van der Waals surface area contributed by atoms with Crippen molar-refractivity contribution in [1.82, 2.24) is 19.5 Å². The third kappa shape index (κ3) is 3.39. The molecule has 4 heterocycles. The van der Waals surface area contributed by atoms with Crippen LogP contribution in [-0.2, 0) is 11.3 Å². The number of thiophene rings is 1. The summed E-state index contributed by atoms with van der Waals surface area (Å²) >= 11 is 4.92. The molecule has 4 atom stereocenters. The Labute approximate surface area is 165 Å². The summed E-state index contributed by atoms with van der Waals surface area (Å²) in [5, 5.41) is 31.4. The molecule has 0 spiro atoms. The van der Waals surface area contributed by atoms with Crippen molar-refractivity contribution < 1.29 is 24.8 Å². The van der Waals surface area contributed by atoms with Gasteiger partial charge in [-0.25, -0.2) is 4.98 Å². The molecule has 12 heteroatoms. The molecule has 5 N–H and O–H groups in total. The average molecular weight is 458 g/mol. The highest BCUT2D eigenvalue weighted by molar-refractivity contribution is 9.10. The van der Waals surface area contributed by atoms with Gasteiger partial charge in [-0.1, -0.05) is 0 Å². The summed E-state index contributed by atoms with van der Waals surface area (Å²) in [4.78, 5) is 13.5. The van der Waals surface area contributed by atoms with Crippen LogP contribution in [0.3, 0.4) is 0 Å². The molecule has 0 bridgehead atoms. The van der Waals surface area contributed by atoms with Gasteiger partial charge in [0.05, 0.1) is 12.9 Å². The first-order chi connectivity index (χ1) is 13.0. The first kappa shape index (κ1) is 18.5. The van der Waals surface area contributed by atoms with Crippen LogP contribution in [0, 0.1) is 0 Å². The van der Waals surface area contributed by atoms with Crippen LogP contribution < -0.4 is 10.5 Å². The molecule has 4 rings (SSSR count). The predicted molar refractivity (Wildman–Crippen MR) is 99.1 cm³/mol. The predicted octanol–water partition coefficient (Wildman–Crippen LogP) is 0.423. The van der Waals surface area contributed by atoms with E-state index in [2.05, 4.69) is 30.9 Å². The van der Waals surface area contributed by atoms with Crippen molar-refractivity contribution in [1.29, 1.82) is 0 Å². The summed E-state index contributed by atoms with van der Waals surface area (Å²) in [6.07, 6.45) is -2.98. The Morgan fingerprint density at radius 2 is 2.15 bits per heavy atom. The van der Waals surface area contributed by atoms with Crippen LogP contribution in [0.1, 0.15) is 11.1 Å². The lowest BCUT2D eigenvalue weighted by atomic mass is 10.1. The van der Waals surface area contributed by atoms with Gasteiger partial charge in [0.1, 0.15) is 24.9 Å². The van der Waals surface area contributed by atoms with E-state index in [1.54, 1.807) is 0 Å². The van der Waals surface area contributed by atoms with Gasteiger partial charge in [-0.05, 0) is 22.0 Å². The number of imidazole rings is 1. The van der Waals surface area contributed by atoms with Gasteiger partial charge in [0.15, 0.2) is 17.4 Å². The minimum atomic E-state index is -1.26. The summed E-state index contributed by atoms with van der Waals surface area (Å²) in [5.41, 5.74) is 6.44. The van der Waals surface area contributed by atoms with Crippen LogP contribution >= 0.6 is 27.3 Å². The quantitative estimate of drug-likeness (QED) is 0.427. The standard InChI is InChI=1S/C15H16BrN5O5S/c16-6-1-7(27-4-6)3-25-13-9-12(19-15(17)20-13)21(5-18-9)14-11(24)10(23)8(2-22)26-14/h1,4-5,8,10-11,14,22-24H,2-3H2,(H2,17,19,20)/t8-,10-,11+,14-/m1/s1. The normalized spacial score (nSPS) is 25.3. The number of fused-ring (bicyclic) bond motifs is 1. The maximum absolute atomic E-state index is 10.2. The number of nitrogens with zero attached hydrogens (tertiary/aromatic N) is 4. The number of aliphatic hydroxyl groups excluding tert-OH is 3. The van der Waals surface area contributed by atoms with Crippen molar-refractivity contribution >= 4 is 44.4 Å². The molecule has 27 heavy (non-hydrogen) atoms. The molecule has 1 fully saturated rings. The van der Waals surface area contributed by atoms with E-state index >= 15 is 0 Å². The molecule has 144 valence electrons. The van der Waals surface area contributed by atoms with Crippen molar-refractivity contribution in [2.24, 2.45) is 0 Å². The van der Waals surface area contributed by atoms with Gasteiger partial charge in [-0.2, -0.15) is 9.97 Å². The smallest absolute Gasteiger partial charge is 0.247 e. The lowest BCUT2D eigenvalue weighted by Gasteiger charge is -2.16. The van der Waals surface area contributed by atoms with Crippen LogP contribution in [0.5, 0.6) is 5.88 Å². The zero-order valence-electron chi connectivity index (χ0n) is 13.8.